The highest BCUT2D eigenvalue weighted by Gasteiger charge is 2.09. The maximum Gasteiger partial charge on any atom is 0.121 e. The third-order valence-corrected chi connectivity index (χ3v) is 5.07. The summed E-state index contributed by atoms with van der Waals surface area (Å²) in [5.41, 5.74) is 8.19. The van der Waals surface area contributed by atoms with E-state index >= 15 is 0 Å². The van der Waals surface area contributed by atoms with Gasteiger partial charge in [-0.3, -0.25) is 4.90 Å². The highest BCUT2D eigenvalue weighted by atomic mass is 16.5. The van der Waals surface area contributed by atoms with Crippen LogP contribution in [-0.2, 0) is 13.2 Å². The second-order valence-corrected chi connectivity index (χ2v) is 7.37. The molecule has 0 spiro atoms. The Balaban J connectivity index is 0.000000208. The van der Waals surface area contributed by atoms with Crippen molar-refractivity contribution >= 4 is 5.69 Å². The van der Waals surface area contributed by atoms with Gasteiger partial charge >= 0.3 is 0 Å². The number of nitrogens with two attached hydrogens (primary N) is 1. The Morgan fingerprint density at radius 1 is 0.774 bits per heavy atom. The van der Waals surface area contributed by atoms with Gasteiger partial charge in [-0.1, -0.05) is 73.2 Å². The average Bonchev–Trinajstić information content (AvgIpc) is 2.86. The first kappa shape index (κ1) is 24.4. The first-order valence-electron chi connectivity index (χ1n) is 11.1. The van der Waals surface area contributed by atoms with Crippen molar-refractivity contribution in [1.29, 1.82) is 0 Å². The minimum atomic E-state index is 0.605. The molecule has 0 atom stereocenters. The summed E-state index contributed by atoms with van der Waals surface area (Å²) in [5, 5.41) is 3.09. The van der Waals surface area contributed by atoms with E-state index in [0.717, 1.165) is 18.0 Å². The van der Waals surface area contributed by atoms with E-state index in [1.165, 1.54) is 50.5 Å². The molecule has 1 fully saturated rings. The Bertz CT molecular complexity index is 818. The Kier molecular flexibility index (Phi) is 11.9. The zero-order valence-corrected chi connectivity index (χ0v) is 19.0. The third-order valence-electron chi connectivity index (χ3n) is 5.07. The first-order valence-corrected chi connectivity index (χ1v) is 11.1. The van der Waals surface area contributed by atoms with Gasteiger partial charge in [0.05, 0.1) is 0 Å². The summed E-state index contributed by atoms with van der Waals surface area (Å²) >= 11 is 0. The summed E-state index contributed by atoms with van der Waals surface area (Å²) in [6.45, 7) is 4.32. The number of nitrogens with one attached hydrogen (secondary N) is 1. The molecular weight excluding hydrogens is 382 g/mol. The molecule has 0 unspecified atom stereocenters. The fourth-order valence-electron chi connectivity index (χ4n) is 3.44. The van der Waals surface area contributed by atoms with Crippen LogP contribution in [-0.4, -0.2) is 32.1 Å². The number of nitrogens with zero attached hydrogens (tertiary/aromatic N) is 1. The summed E-state index contributed by atoms with van der Waals surface area (Å²) in [6, 6.07) is 28.9. The molecule has 0 aliphatic carbocycles. The summed E-state index contributed by atoms with van der Waals surface area (Å²) in [5.74, 6) is 0.885. The van der Waals surface area contributed by atoms with E-state index in [2.05, 4.69) is 58.4 Å². The van der Waals surface area contributed by atoms with Crippen LogP contribution in [0.3, 0.4) is 0 Å². The molecule has 0 bridgehead atoms. The summed E-state index contributed by atoms with van der Waals surface area (Å²) in [6.07, 6.45) is 4.19. The van der Waals surface area contributed by atoms with Gasteiger partial charge in [0.1, 0.15) is 12.4 Å². The molecule has 1 aliphatic rings. The Hall–Kier alpha value is -2.82. The number of rotatable bonds is 6. The monoisotopic (exact) mass is 419 g/mol. The fourth-order valence-corrected chi connectivity index (χ4v) is 3.44. The van der Waals surface area contributed by atoms with Crippen LogP contribution < -0.4 is 15.8 Å². The minimum Gasteiger partial charge on any atom is -0.489 e. The van der Waals surface area contributed by atoms with Crippen LogP contribution in [0.15, 0.2) is 84.9 Å². The van der Waals surface area contributed by atoms with Crippen molar-refractivity contribution in [3.8, 4) is 5.75 Å². The number of ether oxygens (including phenoxy) is 1. The van der Waals surface area contributed by atoms with Crippen LogP contribution in [0.1, 0.15) is 30.4 Å². The third kappa shape index (κ3) is 9.69. The predicted molar refractivity (Wildman–Crippen MR) is 132 cm³/mol. The van der Waals surface area contributed by atoms with Crippen molar-refractivity contribution < 1.29 is 4.74 Å². The maximum absolute atomic E-state index is 5.69. The topological polar surface area (TPSA) is 50.5 Å². The van der Waals surface area contributed by atoms with Crippen molar-refractivity contribution in [3.63, 3.8) is 0 Å². The molecule has 0 saturated carbocycles. The fraction of sp³-hybridized carbons (Fsp3) is 0.333. The molecule has 4 heteroatoms. The molecule has 3 aromatic carbocycles. The zero-order chi connectivity index (χ0) is 22.2. The lowest BCUT2D eigenvalue weighted by Gasteiger charge is -2.26. The first-order chi connectivity index (χ1) is 15.3. The van der Waals surface area contributed by atoms with E-state index in [0.29, 0.717) is 6.61 Å². The molecule has 4 nitrogen and oxygen atoms in total. The average molecular weight is 420 g/mol. The number of piperidine rings is 1. The summed E-state index contributed by atoms with van der Waals surface area (Å²) < 4.78 is 5.69. The zero-order valence-electron chi connectivity index (χ0n) is 19.0. The Morgan fingerprint density at radius 2 is 1.39 bits per heavy atom. The number of benzene rings is 3. The summed E-state index contributed by atoms with van der Waals surface area (Å²) in [7, 11) is 3.40. The van der Waals surface area contributed by atoms with Gasteiger partial charge in [0.2, 0.25) is 0 Å². The van der Waals surface area contributed by atoms with E-state index in [1.807, 2.05) is 49.5 Å². The van der Waals surface area contributed by atoms with E-state index in [4.69, 9.17) is 4.74 Å². The molecule has 31 heavy (non-hydrogen) atoms. The van der Waals surface area contributed by atoms with Gasteiger partial charge in [-0.2, -0.15) is 0 Å². The molecule has 3 N–H and O–H groups in total. The summed E-state index contributed by atoms with van der Waals surface area (Å²) in [4.78, 5) is 2.55. The van der Waals surface area contributed by atoms with Gasteiger partial charge in [0, 0.05) is 25.3 Å². The normalized spacial score (nSPS) is 13.1. The molecule has 0 aromatic heterocycles. The second kappa shape index (κ2) is 15.1. The second-order valence-electron chi connectivity index (χ2n) is 7.37. The number of hydrogen-bond donors (Lipinski definition) is 2. The van der Waals surface area contributed by atoms with Crippen LogP contribution in [0.2, 0.25) is 0 Å². The lowest BCUT2D eigenvalue weighted by atomic mass is 10.1. The van der Waals surface area contributed by atoms with E-state index in [-0.39, 0.29) is 0 Å². The molecule has 166 valence electrons. The number of likely N-dealkylation sites (tertiary alicyclic amines) is 1. The minimum absolute atomic E-state index is 0.605. The van der Waals surface area contributed by atoms with Crippen LogP contribution in [0.5, 0.6) is 5.75 Å². The van der Waals surface area contributed by atoms with Gasteiger partial charge in [-0.15, -0.1) is 0 Å². The van der Waals surface area contributed by atoms with Crippen molar-refractivity contribution in [1.82, 2.24) is 4.90 Å². The van der Waals surface area contributed by atoms with Gasteiger partial charge < -0.3 is 15.8 Å². The number of hydrogen-bond acceptors (Lipinski definition) is 4. The molecule has 0 radical (unpaired) electrons. The van der Waals surface area contributed by atoms with Crippen LogP contribution in [0.4, 0.5) is 5.69 Å². The molecule has 0 amide bonds. The highest BCUT2D eigenvalue weighted by molar-refractivity contribution is 5.47. The van der Waals surface area contributed by atoms with Crippen LogP contribution in [0.25, 0.3) is 0 Å². The van der Waals surface area contributed by atoms with Gasteiger partial charge in [-0.05, 0) is 56.2 Å². The van der Waals surface area contributed by atoms with Crippen molar-refractivity contribution in [2.45, 2.75) is 32.4 Å². The molecule has 4 rings (SSSR count). The SMILES string of the molecule is CN.CNc1cccc(OCc2ccccc2)c1.c1ccc(CN2CCCCC2)cc1. The highest BCUT2D eigenvalue weighted by Crippen LogP contribution is 2.18. The predicted octanol–water partition coefficient (Wildman–Crippen LogP) is 5.55. The van der Waals surface area contributed by atoms with Gasteiger partial charge in [0.25, 0.3) is 0 Å². The van der Waals surface area contributed by atoms with Crippen LogP contribution in [0, 0.1) is 0 Å². The molecule has 1 aliphatic heterocycles. The Morgan fingerprint density at radius 3 is 2.00 bits per heavy atom. The molecular formula is C27H37N3O. The molecule has 3 aromatic rings. The smallest absolute Gasteiger partial charge is 0.121 e. The van der Waals surface area contributed by atoms with Gasteiger partial charge in [-0.25, -0.2) is 0 Å². The molecule has 1 heterocycles. The van der Waals surface area contributed by atoms with E-state index < -0.39 is 0 Å². The quantitative estimate of drug-likeness (QED) is 0.550. The largest absolute Gasteiger partial charge is 0.489 e. The lowest BCUT2D eigenvalue weighted by molar-refractivity contribution is 0.221. The van der Waals surface area contributed by atoms with E-state index in [1.54, 1.807) is 0 Å². The van der Waals surface area contributed by atoms with Crippen molar-refractivity contribution in [2.24, 2.45) is 5.73 Å². The Labute approximate surface area is 188 Å². The number of anilines is 1. The van der Waals surface area contributed by atoms with E-state index in [9.17, 15) is 0 Å². The molecule has 1 saturated heterocycles. The van der Waals surface area contributed by atoms with Crippen LogP contribution >= 0.6 is 0 Å². The maximum atomic E-state index is 5.69. The van der Waals surface area contributed by atoms with Gasteiger partial charge in [0.15, 0.2) is 0 Å². The van der Waals surface area contributed by atoms with Crippen molar-refractivity contribution in [2.75, 3.05) is 32.5 Å². The van der Waals surface area contributed by atoms with Crippen molar-refractivity contribution in [3.05, 3.63) is 96.1 Å². The standard InChI is InChI=1S/C14H15NO.C12H17N.CH5N/c1-15-13-8-5-9-14(10-13)16-11-12-6-3-2-4-7-12;1-3-7-12(8-4-1)11-13-9-5-2-6-10-13;1-2/h2-10,15H,11H2,1H3;1,3-4,7-8H,2,5-6,9-11H2;2H2,1H3. The lowest BCUT2D eigenvalue weighted by Crippen LogP contribution is -2.28.